The summed E-state index contributed by atoms with van der Waals surface area (Å²) in [6.07, 6.45) is 0. The fourth-order valence-electron chi connectivity index (χ4n) is 2.69. The summed E-state index contributed by atoms with van der Waals surface area (Å²) >= 11 is 9.18. The van der Waals surface area contributed by atoms with Crippen molar-refractivity contribution in [2.45, 2.75) is 11.4 Å². The van der Waals surface area contributed by atoms with E-state index in [1.165, 1.54) is 30.3 Å². The number of para-hydroxylation sites is 1. The summed E-state index contributed by atoms with van der Waals surface area (Å²) in [6, 6.07) is 18.4. The Balaban J connectivity index is 1.88. The van der Waals surface area contributed by atoms with Gasteiger partial charge >= 0.3 is 0 Å². The maximum Gasteiger partial charge on any atom is 0.243 e. The maximum absolute atomic E-state index is 13.8. The summed E-state index contributed by atoms with van der Waals surface area (Å²) in [5, 5.41) is 2.93. The van der Waals surface area contributed by atoms with Crippen molar-refractivity contribution in [1.82, 2.24) is 4.31 Å². The van der Waals surface area contributed by atoms with Crippen molar-refractivity contribution in [2.24, 2.45) is 0 Å². The van der Waals surface area contributed by atoms with E-state index >= 15 is 0 Å². The molecule has 9 heteroatoms. The molecular weight excluding hydrogens is 495 g/mol. The second-order valence-electron chi connectivity index (χ2n) is 6.38. The van der Waals surface area contributed by atoms with Crippen molar-refractivity contribution in [3.8, 4) is 0 Å². The van der Waals surface area contributed by atoms with E-state index in [1.807, 2.05) is 0 Å². The van der Waals surface area contributed by atoms with Gasteiger partial charge in [-0.05, 0) is 54.1 Å². The monoisotopic (exact) mass is 510 g/mol. The van der Waals surface area contributed by atoms with E-state index in [2.05, 4.69) is 21.2 Å². The maximum atomic E-state index is 13.8. The number of carbonyl (C=O) groups excluding carboxylic acids is 1. The molecule has 0 atom stereocenters. The highest BCUT2D eigenvalue weighted by Crippen LogP contribution is 2.22. The number of hydrogen-bond donors (Lipinski definition) is 1. The van der Waals surface area contributed by atoms with Crippen molar-refractivity contribution in [2.75, 3.05) is 11.9 Å². The largest absolute Gasteiger partial charge is 0.322 e. The molecular formula is C21H17BrClFN2O3S. The van der Waals surface area contributed by atoms with E-state index < -0.39 is 28.3 Å². The Morgan fingerprint density at radius 2 is 1.63 bits per heavy atom. The lowest BCUT2D eigenvalue weighted by atomic mass is 10.2. The first-order valence-corrected chi connectivity index (χ1v) is 11.4. The minimum atomic E-state index is -4.00. The van der Waals surface area contributed by atoms with Crippen LogP contribution >= 0.6 is 27.5 Å². The molecule has 0 radical (unpaired) electrons. The molecule has 1 N–H and O–H groups in total. The zero-order valence-electron chi connectivity index (χ0n) is 15.6. The van der Waals surface area contributed by atoms with Gasteiger partial charge in [0.1, 0.15) is 5.82 Å². The van der Waals surface area contributed by atoms with Crippen molar-refractivity contribution >= 4 is 49.1 Å². The summed E-state index contributed by atoms with van der Waals surface area (Å²) in [4.78, 5) is 12.6. The molecule has 0 aliphatic rings. The topological polar surface area (TPSA) is 66.5 Å². The average molecular weight is 512 g/mol. The van der Waals surface area contributed by atoms with Gasteiger partial charge in [0.05, 0.1) is 17.1 Å². The molecule has 0 saturated carbocycles. The molecule has 0 aliphatic heterocycles. The summed E-state index contributed by atoms with van der Waals surface area (Å²) < 4.78 is 42.0. The highest BCUT2D eigenvalue weighted by Gasteiger charge is 2.27. The van der Waals surface area contributed by atoms with Crippen LogP contribution in [-0.2, 0) is 21.4 Å². The number of nitrogens with one attached hydrogen (secondary N) is 1. The Morgan fingerprint density at radius 3 is 2.27 bits per heavy atom. The summed E-state index contributed by atoms with van der Waals surface area (Å²) in [5.74, 6) is -1.26. The zero-order chi connectivity index (χ0) is 21.7. The first-order chi connectivity index (χ1) is 14.3. The summed E-state index contributed by atoms with van der Waals surface area (Å²) in [6.45, 7) is -0.546. The molecule has 0 bridgehead atoms. The second-order valence-corrected chi connectivity index (χ2v) is 9.67. The minimum Gasteiger partial charge on any atom is -0.322 e. The predicted octanol–water partition coefficient (Wildman–Crippen LogP) is 5.07. The van der Waals surface area contributed by atoms with Crippen LogP contribution in [0.4, 0.5) is 10.1 Å². The lowest BCUT2D eigenvalue weighted by Crippen LogP contribution is -2.37. The molecule has 0 unspecified atom stereocenters. The van der Waals surface area contributed by atoms with Crippen LogP contribution in [0.15, 0.2) is 82.2 Å². The lowest BCUT2D eigenvalue weighted by Gasteiger charge is -2.22. The van der Waals surface area contributed by atoms with Crippen LogP contribution in [0.5, 0.6) is 0 Å². The number of sulfonamides is 1. The number of benzene rings is 3. The van der Waals surface area contributed by atoms with Gasteiger partial charge in [-0.25, -0.2) is 12.8 Å². The number of hydrogen-bond acceptors (Lipinski definition) is 3. The summed E-state index contributed by atoms with van der Waals surface area (Å²) in [7, 11) is -4.00. The number of anilines is 1. The molecule has 0 spiro atoms. The zero-order valence-corrected chi connectivity index (χ0v) is 18.7. The van der Waals surface area contributed by atoms with Crippen LogP contribution in [0.3, 0.4) is 0 Å². The quantitative estimate of drug-likeness (QED) is 0.482. The van der Waals surface area contributed by atoms with Crippen molar-refractivity contribution < 1.29 is 17.6 Å². The first kappa shape index (κ1) is 22.4. The molecule has 3 aromatic carbocycles. The van der Waals surface area contributed by atoms with E-state index in [0.717, 1.165) is 8.78 Å². The molecule has 0 aromatic heterocycles. The predicted molar refractivity (Wildman–Crippen MR) is 118 cm³/mol. The van der Waals surface area contributed by atoms with E-state index in [1.54, 1.807) is 42.5 Å². The molecule has 3 rings (SSSR count). The van der Waals surface area contributed by atoms with Crippen molar-refractivity contribution in [3.05, 3.63) is 93.7 Å². The Hall–Kier alpha value is -2.26. The van der Waals surface area contributed by atoms with Gasteiger partial charge in [-0.1, -0.05) is 51.8 Å². The third kappa shape index (κ3) is 5.66. The van der Waals surface area contributed by atoms with Gasteiger partial charge in [0.25, 0.3) is 0 Å². The molecule has 0 heterocycles. The standard InChI is InChI=1S/C21H17BrClFN2O3S/c22-16-7-11-18(12-8-16)30(28,29)26(13-15-5-9-17(23)10-6-15)14-21(27)25-20-4-2-1-3-19(20)24/h1-12H,13-14H2,(H,25,27). The van der Waals surface area contributed by atoms with Gasteiger partial charge in [0, 0.05) is 16.0 Å². The van der Waals surface area contributed by atoms with Crippen molar-refractivity contribution in [1.29, 1.82) is 0 Å². The van der Waals surface area contributed by atoms with Crippen LogP contribution in [0, 0.1) is 5.82 Å². The third-order valence-corrected chi connectivity index (χ3v) is 6.78. The molecule has 156 valence electrons. The van der Waals surface area contributed by atoms with Gasteiger partial charge in [0.2, 0.25) is 15.9 Å². The van der Waals surface area contributed by atoms with Crippen LogP contribution in [-0.4, -0.2) is 25.2 Å². The molecule has 0 aliphatic carbocycles. The van der Waals surface area contributed by atoms with E-state index in [9.17, 15) is 17.6 Å². The highest BCUT2D eigenvalue weighted by atomic mass is 79.9. The van der Waals surface area contributed by atoms with Crippen molar-refractivity contribution in [3.63, 3.8) is 0 Å². The van der Waals surface area contributed by atoms with Crippen LogP contribution in [0.2, 0.25) is 5.02 Å². The normalized spacial score (nSPS) is 11.5. The van der Waals surface area contributed by atoms with Gasteiger partial charge in [-0.2, -0.15) is 4.31 Å². The first-order valence-electron chi connectivity index (χ1n) is 8.80. The number of carbonyl (C=O) groups is 1. The SMILES string of the molecule is O=C(CN(Cc1ccc(Cl)cc1)S(=O)(=O)c1ccc(Br)cc1)Nc1ccccc1F. The number of rotatable bonds is 7. The van der Waals surface area contributed by atoms with Crippen LogP contribution in [0.25, 0.3) is 0 Å². The fraction of sp³-hybridized carbons (Fsp3) is 0.0952. The Bertz CT molecular complexity index is 1140. The molecule has 3 aromatic rings. The Morgan fingerprint density at radius 1 is 1.00 bits per heavy atom. The average Bonchev–Trinajstić information content (AvgIpc) is 2.71. The van der Waals surface area contributed by atoms with Gasteiger partial charge in [-0.3, -0.25) is 4.79 Å². The van der Waals surface area contributed by atoms with Crippen LogP contribution in [0.1, 0.15) is 5.56 Å². The van der Waals surface area contributed by atoms with E-state index in [0.29, 0.717) is 10.6 Å². The third-order valence-electron chi connectivity index (χ3n) is 4.19. The molecule has 30 heavy (non-hydrogen) atoms. The number of nitrogens with zero attached hydrogens (tertiary/aromatic N) is 1. The fourth-order valence-corrected chi connectivity index (χ4v) is 4.46. The van der Waals surface area contributed by atoms with Crippen LogP contribution < -0.4 is 5.32 Å². The highest BCUT2D eigenvalue weighted by molar-refractivity contribution is 9.10. The van der Waals surface area contributed by atoms with E-state index in [4.69, 9.17) is 11.6 Å². The van der Waals surface area contributed by atoms with Gasteiger partial charge in [-0.15, -0.1) is 0 Å². The van der Waals surface area contributed by atoms with E-state index in [-0.39, 0.29) is 17.1 Å². The summed E-state index contributed by atoms with van der Waals surface area (Å²) in [5.41, 5.74) is 0.633. The molecule has 0 fully saturated rings. The molecule has 1 amide bonds. The Labute approximate surface area is 187 Å². The minimum absolute atomic E-state index is 0.0185. The number of halogens is 3. The van der Waals surface area contributed by atoms with Gasteiger partial charge < -0.3 is 5.32 Å². The lowest BCUT2D eigenvalue weighted by molar-refractivity contribution is -0.116. The number of amides is 1. The smallest absolute Gasteiger partial charge is 0.243 e. The second kappa shape index (κ2) is 9.70. The molecule has 5 nitrogen and oxygen atoms in total. The Kier molecular flexibility index (Phi) is 7.25. The molecule has 0 saturated heterocycles. The van der Waals surface area contributed by atoms with Gasteiger partial charge in [0.15, 0.2) is 0 Å².